The molecular weight excluding hydrogens is 677 g/mol. The van der Waals surface area contributed by atoms with Gasteiger partial charge in [0.2, 0.25) is 0 Å². The normalized spacial score (nSPS) is 14.2. The Hall–Kier alpha value is -2.74. The molecule has 0 aromatic heterocycles. The van der Waals surface area contributed by atoms with Gasteiger partial charge < -0.3 is 24.8 Å². The molecule has 0 amide bonds. The second kappa shape index (κ2) is 39.9. The zero-order chi connectivity index (χ0) is 39.7. The topological polar surface area (TPSA) is 113 Å². The second-order valence-electron chi connectivity index (χ2n) is 15.0. The van der Waals surface area contributed by atoms with Gasteiger partial charge in [-0.3, -0.25) is 9.59 Å². The Morgan fingerprint density at radius 2 is 0.944 bits per heavy atom. The molecule has 3 atom stereocenters. The van der Waals surface area contributed by atoms with Crippen molar-refractivity contribution in [1.82, 2.24) is 0 Å². The summed E-state index contributed by atoms with van der Waals surface area (Å²) in [5.74, 6) is 0.122. The monoisotopic (exact) mass is 757 g/mol. The van der Waals surface area contributed by atoms with Crippen LogP contribution >= 0.6 is 0 Å². The molecule has 3 N–H and O–H groups in total. The van der Waals surface area contributed by atoms with Gasteiger partial charge in [-0.25, -0.2) is 0 Å². The summed E-state index contributed by atoms with van der Waals surface area (Å²) in [5.41, 5.74) is 0. The van der Waals surface area contributed by atoms with E-state index in [1.54, 1.807) is 24.3 Å². The maximum atomic E-state index is 12.0. The molecule has 0 aromatic carbocycles. The van der Waals surface area contributed by atoms with Crippen molar-refractivity contribution in [2.75, 3.05) is 13.2 Å². The predicted octanol–water partition coefficient (Wildman–Crippen LogP) is 11.5. The van der Waals surface area contributed by atoms with Crippen molar-refractivity contribution >= 4 is 11.9 Å². The number of ether oxygens (including phenoxy) is 2. The van der Waals surface area contributed by atoms with E-state index in [4.69, 9.17) is 9.47 Å². The van der Waals surface area contributed by atoms with Crippen molar-refractivity contribution in [3.8, 4) is 0 Å². The zero-order valence-electron chi connectivity index (χ0n) is 34.6. The number of hydrogen-bond acceptors (Lipinski definition) is 7. The Kier molecular flexibility index (Phi) is 37.9. The molecule has 0 heterocycles. The molecule has 0 fully saturated rings. The molecule has 0 aliphatic heterocycles. The Bertz CT molecular complexity index is 1040. The highest BCUT2D eigenvalue weighted by atomic mass is 16.6. The summed E-state index contributed by atoms with van der Waals surface area (Å²) in [7, 11) is 0. The summed E-state index contributed by atoms with van der Waals surface area (Å²) < 4.78 is 10.3. The molecule has 0 aliphatic carbocycles. The van der Waals surface area contributed by atoms with Gasteiger partial charge in [0.05, 0.1) is 12.2 Å². The third-order valence-electron chi connectivity index (χ3n) is 9.06. The molecule has 0 saturated heterocycles. The molecule has 0 aliphatic rings. The number of carbonyl (C=O) groups excluding carboxylic acids is 2. The highest BCUT2D eigenvalue weighted by Gasteiger charge is 2.12. The van der Waals surface area contributed by atoms with Crippen LogP contribution in [0.15, 0.2) is 72.9 Å². The van der Waals surface area contributed by atoms with Gasteiger partial charge in [0, 0.05) is 12.8 Å². The molecule has 7 nitrogen and oxygen atoms in total. The van der Waals surface area contributed by atoms with Crippen LogP contribution < -0.4 is 0 Å². The first-order valence-electron chi connectivity index (χ1n) is 21.6. The summed E-state index contributed by atoms with van der Waals surface area (Å²) in [6.45, 7) is 6.32. The minimum atomic E-state index is -1.03. The minimum absolute atomic E-state index is 0.169. The van der Waals surface area contributed by atoms with Gasteiger partial charge in [-0.05, 0) is 44.4 Å². The number of carbonyl (C=O) groups is 2. The van der Waals surface area contributed by atoms with Gasteiger partial charge in [-0.1, -0.05) is 196 Å². The third kappa shape index (κ3) is 40.4. The molecule has 0 radical (unpaired) electrons. The van der Waals surface area contributed by atoms with Crippen LogP contribution in [-0.2, 0) is 19.1 Å². The molecule has 0 saturated carbocycles. The lowest BCUT2D eigenvalue weighted by Gasteiger charge is -2.12. The smallest absolute Gasteiger partial charge is 0.306 e. The van der Waals surface area contributed by atoms with Gasteiger partial charge in [0.1, 0.15) is 19.3 Å². The summed E-state index contributed by atoms with van der Waals surface area (Å²) in [4.78, 5) is 24.0. The Morgan fingerprint density at radius 3 is 1.43 bits per heavy atom. The van der Waals surface area contributed by atoms with Crippen LogP contribution in [0.2, 0.25) is 0 Å². The van der Waals surface area contributed by atoms with Crippen LogP contribution in [-0.4, -0.2) is 58.8 Å². The fourth-order valence-corrected chi connectivity index (χ4v) is 5.77. The van der Waals surface area contributed by atoms with Crippen molar-refractivity contribution in [1.29, 1.82) is 0 Å². The molecular formula is C47H80O7. The van der Waals surface area contributed by atoms with E-state index in [0.29, 0.717) is 32.1 Å². The predicted molar refractivity (Wildman–Crippen MR) is 226 cm³/mol. The van der Waals surface area contributed by atoms with Crippen LogP contribution in [0.25, 0.3) is 0 Å². The SMILES string of the molecule is CC/C=C\C[C@@H](O)/C=C/C=C\C=C\[C@@H](O)C/C=C\C/C=C\CCC(=O)OC[C@@H](O)COC(=O)CCCCCCCCCCCCCCCCCCC(C)C. The molecule has 0 spiro atoms. The molecule has 54 heavy (non-hydrogen) atoms. The van der Waals surface area contributed by atoms with Crippen molar-refractivity contribution in [3.05, 3.63) is 72.9 Å². The quantitative estimate of drug-likeness (QED) is 0.0250. The number of hydrogen-bond donors (Lipinski definition) is 3. The fraction of sp³-hybridized carbons (Fsp3) is 0.702. The molecule has 0 unspecified atom stereocenters. The van der Waals surface area contributed by atoms with E-state index in [1.807, 2.05) is 48.6 Å². The molecule has 310 valence electrons. The number of unbranched alkanes of at least 4 members (excludes halogenated alkanes) is 15. The summed E-state index contributed by atoms with van der Waals surface area (Å²) in [6, 6.07) is 0. The Morgan fingerprint density at radius 1 is 0.519 bits per heavy atom. The summed E-state index contributed by atoms with van der Waals surface area (Å²) >= 11 is 0. The highest BCUT2D eigenvalue weighted by Crippen LogP contribution is 2.15. The van der Waals surface area contributed by atoms with Crippen molar-refractivity contribution in [2.45, 2.75) is 193 Å². The van der Waals surface area contributed by atoms with E-state index in [2.05, 4.69) is 20.8 Å². The van der Waals surface area contributed by atoms with Crippen molar-refractivity contribution < 1.29 is 34.4 Å². The standard InChI is InChI=1S/C47H80O7/c1-4-5-26-34-43(48)36-29-24-25-30-37-44(49)35-28-21-18-19-23-32-39-47(52)54-41-45(50)40-53-46(51)38-31-22-17-15-13-11-9-7-6-8-10-12-14-16-20-27-33-42(2)3/h5,19,21,23-26,28-30,36-37,42-45,48-50H,4,6-18,20,22,27,31-35,38-41H2,1-3H3/b23-19-,25-24-,26-5-,28-21-,36-29+,37-30+/t43-,44+,45+/m1/s1. The zero-order valence-corrected chi connectivity index (χ0v) is 34.6. The van der Waals surface area contributed by atoms with E-state index in [0.717, 1.165) is 31.6 Å². The number of aliphatic hydroxyl groups excluding tert-OH is 3. The van der Waals surface area contributed by atoms with Crippen LogP contribution in [0.3, 0.4) is 0 Å². The first-order valence-corrected chi connectivity index (χ1v) is 21.6. The van der Waals surface area contributed by atoms with E-state index >= 15 is 0 Å². The highest BCUT2D eigenvalue weighted by molar-refractivity contribution is 5.70. The molecule has 0 bridgehead atoms. The lowest BCUT2D eigenvalue weighted by Crippen LogP contribution is -2.25. The number of aliphatic hydroxyl groups is 3. The fourth-order valence-electron chi connectivity index (χ4n) is 5.77. The largest absolute Gasteiger partial charge is 0.463 e. The van der Waals surface area contributed by atoms with Crippen LogP contribution in [0.1, 0.15) is 175 Å². The van der Waals surface area contributed by atoms with Gasteiger partial charge >= 0.3 is 11.9 Å². The molecule has 7 heteroatoms. The maximum absolute atomic E-state index is 12.0. The lowest BCUT2D eigenvalue weighted by molar-refractivity contribution is -0.152. The number of esters is 2. The van der Waals surface area contributed by atoms with E-state index in [1.165, 1.54) is 89.9 Å². The molecule has 0 rings (SSSR count). The first-order chi connectivity index (χ1) is 26.2. The third-order valence-corrected chi connectivity index (χ3v) is 9.06. The van der Waals surface area contributed by atoms with Crippen molar-refractivity contribution in [2.24, 2.45) is 5.92 Å². The maximum Gasteiger partial charge on any atom is 0.306 e. The van der Waals surface area contributed by atoms with E-state index in [9.17, 15) is 24.9 Å². The Balaban J connectivity index is 3.65. The van der Waals surface area contributed by atoms with Gasteiger partial charge in [-0.15, -0.1) is 0 Å². The van der Waals surface area contributed by atoms with Crippen LogP contribution in [0.5, 0.6) is 0 Å². The number of rotatable bonds is 37. The van der Waals surface area contributed by atoms with E-state index in [-0.39, 0.29) is 25.6 Å². The summed E-state index contributed by atoms with van der Waals surface area (Å²) in [6.07, 6.45) is 46.1. The average Bonchev–Trinajstić information content (AvgIpc) is 3.15. The average molecular weight is 757 g/mol. The Labute approximate surface area is 330 Å². The molecule has 0 aromatic rings. The minimum Gasteiger partial charge on any atom is -0.463 e. The van der Waals surface area contributed by atoms with Gasteiger partial charge in [0.15, 0.2) is 0 Å². The first kappa shape index (κ1) is 51.3. The van der Waals surface area contributed by atoms with Gasteiger partial charge in [-0.2, -0.15) is 0 Å². The number of allylic oxidation sites excluding steroid dienone is 8. The van der Waals surface area contributed by atoms with E-state index < -0.39 is 24.3 Å². The second-order valence-corrected chi connectivity index (χ2v) is 15.0. The van der Waals surface area contributed by atoms with Crippen molar-refractivity contribution in [3.63, 3.8) is 0 Å². The van der Waals surface area contributed by atoms with Crippen LogP contribution in [0.4, 0.5) is 0 Å². The van der Waals surface area contributed by atoms with Crippen LogP contribution in [0, 0.1) is 5.92 Å². The summed E-state index contributed by atoms with van der Waals surface area (Å²) in [5, 5.41) is 29.9. The van der Waals surface area contributed by atoms with Gasteiger partial charge in [0.25, 0.3) is 0 Å². The lowest BCUT2D eigenvalue weighted by atomic mass is 10.0.